The molecule has 2 N–H and O–H groups in total. The summed E-state index contributed by atoms with van der Waals surface area (Å²) in [7, 11) is 1.95. The first-order valence-corrected chi connectivity index (χ1v) is 5.94. The third kappa shape index (κ3) is 4.28. The summed E-state index contributed by atoms with van der Waals surface area (Å²) in [5.41, 5.74) is 0. The molecule has 0 aromatic carbocycles. The molecule has 0 aliphatic heterocycles. The maximum atomic E-state index is 8.63. The van der Waals surface area contributed by atoms with Gasteiger partial charge >= 0.3 is 0 Å². The molecule has 0 radical (unpaired) electrons. The zero-order valence-electron chi connectivity index (χ0n) is 10.2. The van der Waals surface area contributed by atoms with E-state index in [0.29, 0.717) is 6.61 Å². The first kappa shape index (κ1) is 13.1. The predicted molar refractivity (Wildman–Crippen MR) is 63.0 cm³/mol. The van der Waals surface area contributed by atoms with Gasteiger partial charge in [0.25, 0.3) is 0 Å². The van der Waals surface area contributed by atoms with Crippen LogP contribution in [-0.4, -0.2) is 33.0 Å². The second kappa shape index (κ2) is 7.35. The predicted octanol–water partition coefficient (Wildman–Crippen LogP) is 1.02. The molecule has 0 fully saturated rings. The fourth-order valence-corrected chi connectivity index (χ4v) is 1.68. The van der Waals surface area contributed by atoms with Crippen molar-refractivity contribution in [2.75, 3.05) is 13.2 Å². The number of aryl methyl sites for hydroxylation is 1. The third-order valence-electron chi connectivity index (χ3n) is 2.67. The first-order valence-electron chi connectivity index (χ1n) is 5.94. The molecule has 0 aliphatic carbocycles. The van der Waals surface area contributed by atoms with Crippen LogP contribution >= 0.6 is 0 Å². The van der Waals surface area contributed by atoms with Crippen molar-refractivity contribution in [3.8, 4) is 0 Å². The standard InChI is InChI=1S/C11H22N4O/c1-10(11-14-13-9-15(11)2)12-7-5-3-4-6-8-16/h9-10,12,16H,3-8H2,1-2H3. The number of nitrogens with zero attached hydrogens (tertiary/aromatic N) is 3. The van der Waals surface area contributed by atoms with E-state index in [1.165, 1.54) is 6.42 Å². The van der Waals surface area contributed by atoms with E-state index in [1.807, 2.05) is 11.6 Å². The second-order valence-corrected chi connectivity index (χ2v) is 4.11. The summed E-state index contributed by atoms with van der Waals surface area (Å²) >= 11 is 0. The number of rotatable bonds is 8. The molecule has 92 valence electrons. The lowest BCUT2D eigenvalue weighted by Crippen LogP contribution is -2.22. The van der Waals surface area contributed by atoms with Crippen LogP contribution in [0.2, 0.25) is 0 Å². The number of aromatic nitrogens is 3. The van der Waals surface area contributed by atoms with Crippen molar-refractivity contribution in [1.29, 1.82) is 0 Å². The van der Waals surface area contributed by atoms with Gasteiger partial charge in [0.2, 0.25) is 0 Å². The summed E-state index contributed by atoms with van der Waals surface area (Å²) in [4.78, 5) is 0. The molecule has 5 heteroatoms. The molecule has 0 saturated heterocycles. The molecule has 0 aliphatic rings. The molecule has 16 heavy (non-hydrogen) atoms. The molecule has 0 amide bonds. The fraction of sp³-hybridized carbons (Fsp3) is 0.818. The molecule has 0 spiro atoms. The van der Waals surface area contributed by atoms with E-state index in [1.54, 1.807) is 6.33 Å². The van der Waals surface area contributed by atoms with Crippen LogP contribution in [0.25, 0.3) is 0 Å². The molecule has 1 atom stereocenters. The van der Waals surface area contributed by atoms with Crippen molar-refractivity contribution in [3.05, 3.63) is 12.2 Å². The number of unbranched alkanes of at least 4 members (excludes halogenated alkanes) is 3. The van der Waals surface area contributed by atoms with Crippen LogP contribution < -0.4 is 5.32 Å². The molecular weight excluding hydrogens is 204 g/mol. The van der Waals surface area contributed by atoms with Crippen LogP contribution in [0, 0.1) is 0 Å². The monoisotopic (exact) mass is 226 g/mol. The van der Waals surface area contributed by atoms with Gasteiger partial charge < -0.3 is 15.0 Å². The average Bonchev–Trinajstić information content (AvgIpc) is 2.69. The second-order valence-electron chi connectivity index (χ2n) is 4.11. The highest BCUT2D eigenvalue weighted by molar-refractivity contribution is 4.91. The van der Waals surface area contributed by atoms with Crippen LogP contribution in [0.1, 0.15) is 44.5 Å². The Morgan fingerprint density at radius 2 is 2.12 bits per heavy atom. The van der Waals surface area contributed by atoms with Crippen LogP contribution in [0.3, 0.4) is 0 Å². The van der Waals surface area contributed by atoms with E-state index in [2.05, 4.69) is 22.4 Å². The van der Waals surface area contributed by atoms with Gasteiger partial charge in [0.15, 0.2) is 0 Å². The van der Waals surface area contributed by atoms with Crippen LogP contribution in [-0.2, 0) is 7.05 Å². The van der Waals surface area contributed by atoms with E-state index in [0.717, 1.165) is 31.6 Å². The number of hydrogen-bond acceptors (Lipinski definition) is 4. The maximum absolute atomic E-state index is 8.63. The third-order valence-corrected chi connectivity index (χ3v) is 2.67. The zero-order chi connectivity index (χ0) is 11.8. The smallest absolute Gasteiger partial charge is 0.149 e. The minimum atomic E-state index is 0.241. The number of aliphatic hydroxyl groups excluding tert-OH is 1. The summed E-state index contributed by atoms with van der Waals surface area (Å²) in [6, 6.07) is 0.241. The molecule has 0 bridgehead atoms. The van der Waals surface area contributed by atoms with Crippen molar-refractivity contribution in [3.63, 3.8) is 0 Å². The van der Waals surface area contributed by atoms with E-state index in [4.69, 9.17) is 5.11 Å². The Hall–Kier alpha value is -0.940. The van der Waals surface area contributed by atoms with E-state index in [9.17, 15) is 0 Å². The van der Waals surface area contributed by atoms with Crippen LogP contribution in [0.4, 0.5) is 0 Å². The first-order chi connectivity index (χ1) is 7.75. The molecule has 5 nitrogen and oxygen atoms in total. The van der Waals surface area contributed by atoms with Gasteiger partial charge in [0.05, 0.1) is 6.04 Å². The van der Waals surface area contributed by atoms with Gasteiger partial charge in [-0.25, -0.2) is 0 Å². The van der Waals surface area contributed by atoms with Crippen LogP contribution in [0.15, 0.2) is 6.33 Å². The summed E-state index contributed by atoms with van der Waals surface area (Å²) in [6.45, 7) is 3.39. The Labute approximate surface area is 96.9 Å². The average molecular weight is 226 g/mol. The molecule has 1 rings (SSSR count). The van der Waals surface area contributed by atoms with Gasteiger partial charge in [-0.15, -0.1) is 10.2 Å². The highest BCUT2D eigenvalue weighted by Gasteiger charge is 2.09. The minimum Gasteiger partial charge on any atom is -0.396 e. The summed E-state index contributed by atoms with van der Waals surface area (Å²) < 4.78 is 1.93. The largest absolute Gasteiger partial charge is 0.396 e. The van der Waals surface area contributed by atoms with Gasteiger partial charge in [0.1, 0.15) is 12.2 Å². The zero-order valence-corrected chi connectivity index (χ0v) is 10.2. The van der Waals surface area contributed by atoms with Gasteiger partial charge in [-0.2, -0.15) is 0 Å². The lowest BCUT2D eigenvalue weighted by atomic mass is 10.2. The van der Waals surface area contributed by atoms with Crippen molar-refractivity contribution < 1.29 is 5.11 Å². The highest BCUT2D eigenvalue weighted by Crippen LogP contribution is 2.07. The highest BCUT2D eigenvalue weighted by atomic mass is 16.2. The van der Waals surface area contributed by atoms with Crippen LogP contribution in [0.5, 0.6) is 0 Å². The fourth-order valence-electron chi connectivity index (χ4n) is 1.68. The van der Waals surface area contributed by atoms with E-state index >= 15 is 0 Å². The number of hydrogen-bond donors (Lipinski definition) is 2. The number of aliphatic hydroxyl groups is 1. The molecule has 1 heterocycles. The summed E-state index contributed by atoms with van der Waals surface area (Å²) in [5.74, 6) is 0.968. The molecule has 1 aromatic heterocycles. The van der Waals surface area contributed by atoms with Gasteiger partial charge in [0, 0.05) is 13.7 Å². The minimum absolute atomic E-state index is 0.241. The topological polar surface area (TPSA) is 63.0 Å². The van der Waals surface area contributed by atoms with Crippen molar-refractivity contribution in [2.45, 2.75) is 38.6 Å². The van der Waals surface area contributed by atoms with E-state index in [-0.39, 0.29) is 6.04 Å². The lowest BCUT2D eigenvalue weighted by molar-refractivity contribution is 0.282. The Bertz CT molecular complexity index is 287. The van der Waals surface area contributed by atoms with Gasteiger partial charge in [-0.3, -0.25) is 0 Å². The Kier molecular flexibility index (Phi) is 6.03. The normalized spacial score (nSPS) is 12.9. The SMILES string of the molecule is CC(NCCCCCCO)c1nncn1C. The lowest BCUT2D eigenvalue weighted by Gasteiger charge is -2.12. The van der Waals surface area contributed by atoms with E-state index < -0.39 is 0 Å². The van der Waals surface area contributed by atoms with Crippen molar-refractivity contribution >= 4 is 0 Å². The summed E-state index contributed by atoms with van der Waals surface area (Å²) in [5, 5.41) is 20.0. The van der Waals surface area contributed by atoms with Gasteiger partial charge in [-0.1, -0.05) is 12.8 Å². The Balaban J connectivity index is 2.11. The molecular formula is C11H22N4O. The summed E-state index contributed by atoms with van der Waals surface area (Å²) in [6.07, 6.45) is 6.05. The number of nitrogens with one attached hydrogen (secondary N) is 1. The molecule has 0 saturated carbocycles. The Morgan fingerprint density at radius 1 is 1.38 bits per heavy atom. The molecule has 1 unspecified atom stereocenters. The van der Waals surface area contributed by atoms with Gasteiger partial charge in [-0.05, 0) is 26.3 Å². The quantitative estimate of drug-likeness (QED) is 0.650. The van der Waals surface area contributed by atoms with Crippen molar-refractivity contribution in [2.24, 2.45) is 7.05 Å². The molecule has 1 aromatic rings. The maximum Gasteiger partial charge on any atom is 0.149 e. The Morgan fingerprint density at radius 3 is 2.75 bits per heavy atom. The van der Waals surface area contributed by atoms with Crippen molar-refractivity contribution in [1.82, 2.24) is 20.1 Å².